The summed E-state index contributed by atoms with van der Waals surface area (Å²) in [5.74, 6) is 0.0396. The summed E-state index contributed by atoms with van der Waals surface area (Å²) in [5.41, 5.74) is 8.12. The second kappa shape index (κ2) is 5.32. The molecule has 112 valence electrons. The molecule has 0 spiro atoms. The van der Waals surface area contributed by atoms with E-state index in [0.29, 0.717) is 22.8 Å². The third-order valence-electron chi connectivity index (χ3n) is 3.16. The van der Waals surface area contributed by atoms with Crippen molar-refractivity contribution in [3.63, 3.8) is 0 Å². The number of aryl methyl sites for hydroxylation is 1. The van der Waals surface area contributed by atoms with Gasteiger partial charge in [0.2, 0.25) is 0 Å². The Morgan fingerprint density at radius 2 is 2.23 bits per heavy atom. The summed E-state index contributed by atoms with van der Waals surface area (Å²) in [6.07, 6.45) is 3.04. The highest BCUT2D eigenvalue weighted by Gasteiger charge is 2.14. The number of pyridine rings is 2. The third-order valence-corrected chi connectivity index (χ3v) is 3.16. The van der Waals surface area contributed by atoms with Crippen LogP contribution in [0.5, 0.6) is 5.88 Å². The van der Waals surface area contributed by atoms with Gasteiger partial charge in [0.1, 0.15) is 0 Å². The molecule has 0 atom stereocenters. The summed E-state index contributed by atoms with van der Waals surface area (Å²) in [4.78, 5) is 20.4. The summed E-state index contributed by atoms with van der Waals surface area (Å²) in [7, 11) is 3.30. The molecule has 0 aliphatic heterocycles. The molecule has 3 aromatic rings. The van der Waals surface area contributed by atoms with E-state index in [2.05, 4.69) is 20.4 Å². The molecule has 1 amide bonds. The fraction of sp³-hybridized carbons (Fsp3) is 0.143. The lowest BCUT2D eigenvalue weighted by molar-refractivity contribution is 0.102. The van der Waals surface area contributed by atoms with Crippen molar-refractivity contribution in [2.24, 2.45) is 7.05 Å². The molecule has 0 unspecified atom stereocenters. The molecule has 3 rings (SSSR count). The number of rotatable bonds is 3. The number of hydrogen-bond donors (Lipinski definition) is 2. The van der Waals surface area contributed by atoms with Crippen molar-refractivity contribution in [1.29, 1.82) is 0 Å². The first-order valence-corrected chi connectivity index (χ1v) is 6.48. The molecule has 0 aliphatic carbocycles. The molecule has 0 aromatic carbocycles. The monoisotopic (exact) mass is 298 g/mol. The Kier molecular flexibility index (Phi) is 3.34. The van der Waals surface area contributed by atoms with Crippen molar-refractivity contribution in [3.05, 3.63) is 36.3 Å². The van der Waals surface area contributed by atoms with Gasteiger partial charge in [0.25, 0.3) is 11.8 Å². The Balaban J connectivity index is 1.93. The zero-order valence-electron chi connectivity index (χ0n) is 12.1. The molecule has 3 N–H and O–H groups in total. The van der Waals surface area contributed by atoms with Crippen molar-refractivity contribution in [3.8, 4) is 5.88 Å². The third kappa shape index (κ3) is 2.30. The Morgan fingerprint density at radius 1 is 1.41 bits per heavy atom. The van der Waals surface area contributed by atoms with Crippen molar-refractivity contribution < 1.29 is 9.53 Å². The highest BCUT2D eigenvalue weighted by Crippen LogP contribution is 2.24. The molecule has 8 nitrogen and oxygen atoms in total. The first-order valence-electron chi connectivity index (χ1n) is 6.48. The minimum Gasteiger partial charge on any atom is -0.478 e. The van der Waals surface area contributed by atoms with Crippen molar-refractivity contribution in [2.75, 3.05) is 18.2 Å². The van der Waals surface area contributed by atoms with Gasteiger partial charge in [0.05, 0.1) is 30.2 Å². The number of nitrogen functional groups attached to an aromatic ring is 1. The zero-order valence-corrected chi connectivity index (χ0v) is 12.1. The smallest absolute Gasteiger partial charge is 0.276 e. The Morgan fingerprint density at radius 3 is 2.95 bits per heavy atom. The van der Waals surface area contributed by atoms with Gasteiger partial charge < -0.3 is 15.8 Å². The Bertz CT molecular complexity index is 858. The number of anilines is 2. The van der Waals surface area contributed by atoms with Gasteiger partial charge in [-0.3, -0.25) is 9.48 Å². The average Bonchev–Trinajstić information content (AvgIpc) is 2.84. The number of nitrogens with zero attached hydrogens (tertiary/aromatic N) is 4. The standard InChI is InChI=1S/C14H14N6O2/c1-20-10-6-8(7-17-12(10)14(19-20)22-2)18-13(21)11-9(15)4-3-5-16-11/h3-7H,15H2,1-2H3,(H,18,21). The molecule has 0 bridgehead atoms. The molecule has 8 heteroatoms. The number of ether oxygens (including phenoxy) is 1. The first-order chi connectivity index (χ1) is 10.6. The average molecular weight is 298 g/mol. The van der Waals surface area contributed by atoms with E-state index in [4.69, 9.17) is 10.5 Å². The second-order valence-corrected chi connectivity index (χ2v) is 4.62. The summed E-state index contributed by atoms with van der Waals surface area (Å²) in [6.45, 7) is 0. The van der Waals surface area contributed by atoms with E-state index in [1.54, 1.807) is 29.9 Å². The number of amides is 1. The molecular weight excluding hydrogens is 284 g/mol. The van der Waals surface area contributed by atoms with Gasteiger partial charge in [-0.25, -0.2) is 9.97 Å². The van der Waals surface area contributed by atoms with E-state index in [1.807, 2.05) is 0 Å². The van der Waals surface area contributed by atoms with E-state index in [9.17, 15) is 4.79 Å². The van der Waals surface area contributed by atoms with Gasteiger partial charge in [0.15, 0.2) is 11.2 Å². The highest BCUT2D eigenvalue weighted by atomic mass is 16.5. The maximum absolute atomic E-state index is 12.2. The Labute approximate surface area is 125 Å². The summed E-state index contributed by atoms with van der Waals surface area (Å²) < 4.78 is 6.78. The molecule has 0 aliphatic rings. The summed E-state index contributed by atoms with van der Waals surface area (Å²) in [6, 6.07) is 5.05. The minimum atomic E-state index is -0.395. The predicted octanol–water partition coefficient (Wildman–Crippen LogP) is 1.21. The fourth-order valence-electron chi connectivity index (χ4n) is 2.11. The predicted molar refractivity (Wildman–Crippen MR) is 81.7 cm³/mol. The number of carbonyl (C=O) groups is 1. The van der Waals surface area contributed by atoms with Gasteiger partial charge in [0, 0.05) is 13.2 Å². The van der Waals surface area contributed by atoms with Crippen LogP contribution in [0.1, 0.15) is 10.5 Å². The Hall–Kier alpha value is -3.16. The van der Waals surface area contributed by atoms with Crippen LogP contribution >= 0.6 is 0 Å². The summed E-state index contributed by atoms with van der Waals surface area (Å²) in [5, 5.41) is 6.91. The van der Waals surface area contributed by atoms with Gasteiger partial charge in [-0.15, -0.1) is 5.10 Å². The van der Waals surface area contributed by atoms with Crippen LogP contribution in [-0.2, 0) is 7.05 Å². The van der Waals surface area contributed by atoms with Crippen molar-refractivity contribution >= 4 is 28.3 Å². The molecule has 3 aromatic heterocycles. The number of fused-ring (bicyclic) bond motifs is 1. The SMILES string of the molecule is COc1nn(C)c2cc(NC(=O)c3ncccc3N)cnc12. The van der Waals surface area contributed by atoms with E-state index in [-0.39, 0.29) is 5.69 Å². The number of nitrogens with two attached hydrogens (primary N) is 1. The zero-order chi connectivity index (χ0) is 15.7. The highest BCUT2D eigenvalue weighted by molar-refractivity contribution is 6.06. The van der Waals surface area contributed by atoms with E-state index < -0.39 is 5.91 Å². The number of carbonyl (C=O) groups excluding carboxylic acids is 1. The largest absolute Gasteiger partial charge is 0.478 e. The summed E-state index contributed by atoms with van der Waals surface area (Å²) >= 11 is 0. The van der Waals surface area contributed by atoms with Crippen LogP contribution in [0.2, 0.25) is 0 Å². The number of methoxy groups -OCH3 is 1. The molecular formula is C14H14N6O2. The van der Waals surface area contributed by atoms with Gasteiger partial charge in [-0.1, -0.05) is 0 Å². The van der Waals surface area contributed by atoms with E-state index in [1.165, 1.54) is 19.5 Å². The fourth-order valence-corrected chi connectivity index (χ4v) is 2.11. The van der Waals surface area contributed by atoms with Crippen molar-refractivity contribution in [2.45, 2.75) is 0 Å². The van der Waals surface area contributed by atoms with E-state index in [0.717, 1.165) is 5.52 Å². The van der Waals surface area contributed by atoms with E-state index >= 15 is 0 Å². The maximum Gasteiger partial charge on any atom is 0.276 e. The number of hydrogen-bond acceptors (Lipinski definition) is 6. The topological polar surface area (TPSA) is 108 Å². The normalized spacial score (nSPS) is 10.6. The number of nitrogens with one attached hydrogen (secondary N) is 1. The van der Waals surface area contributed by atoms with Crippen LogP contribution in [0.4, 0.5) is 11.4 Å². The van der Waals surface area contributed by atoms with Crippen LogP contribution < -0.4 is 15.8 Å². The van der Waals surface area contributed by atoms with Gasteiger partial charge in [-0.2, -0.15) is 0 Å². The quantitative estimate of drug-likeness (QED) is 0.752. The van der Waals surface area contributed by atoms with Crippen LogP contribution in [0.15, 0.2) is 30.6 Å². The van der Waals surface area contributed by atoms with Crippen molar-refractivity contribution in [1.82, 2.24) is 19.7 Å². The van der Waals surface area contributed by atoms with Gasteiger partial charge >= 0.3 is 0 Å². The molecule has 0 radical (unpaired) electrons. The lowest BCUT2D eigenvalue weighted by atomic mass is 10.2. The second-order valence-electron chi connectivity index (χ2n) is 4.62. The molecule has 22 heavy (non-hydrogen) atoms. The van der Waals surface area contributed by atoms with Crippen LogP contribution in [0.25, 0.3) is 11.0 Å². The van der Waals surface area contributed by atoms with Gasteiger partial charge in [-0.05, 0) is 18.2 Å². The molecule has 3 heterocycles. The first kappa shape index (κ1) is 13.8. The molecule has 0 fully saturated rings. The van der Waals surface area contributed by atoms with Crippen LogP contribution in [0.3, 0.4) is 0 Å². The molecule has 0 saturated heterocycles. The number of aromatic nitrogens is 4. The lowest BCUT2D eigenvalue weighted by Gasteiger charge is -2.06. The van der Waals surface area contributed by atoms with Crippen LogP contribution in [0, 0.1) is 0 Å². The maximum atomic E-state index is 12.2. The van der Waals surface area contributed by atoms with Crippen LogP contribution in [-0.4, -0.2) is 32.8 Å². The lowest BCUT2D eigenvalue weighted by Crippen LogP contribution is -2.15. The molecule has 0 saturated carbocycles. The minimum absolute atomic E-state index is 0.171.